The summed E-state index contributed by atoms with van der Waals surface area (Å²) in [6.07, 6.45) is 0.317. The first-order valence-corrected chi connectivity index (χ1v) is 7.09. The van der Waals surface area contributed by atoms with E-state index >= 15 is 0 Å². The van der Waals surface area contributed by atoms with Crippen molar-refractivity contribution in [2.24, 2.45) is 0 Å². The van der Waals surface area contributed by atoms with Crippen LogP contribution in [0.1, 0.15) is 12.8 Å². The van der Waals surface area contributed by atoms with Crippen LogP contribution in [0.3, 0.4) is 0 Å². The molecule has 0 aromatic heterocycles. The maximum Gasteiger partial charge on any atom is 0.305 e. The van der Waals surface area contributed by atoms with E-state index in [4.69, 9.17) is 4.74 Å². The lowest BCUT2D eigenvalue weighted by Gasteiger charge is -2.08. The standard InChI is InChI=1S/C12H16O5S/c1-16-10-6-3-4-7-11(10)18(14,15)9-5-8-12(13)17-2/h3-4,6-7H,5,8-9H2,1-2H3. The smallest absolute Gasteiger partial charge is 0.305 e. The lowest BCUT2D eigenvalue weighted by atomic mass is 10.3. The first-order valence-electron chi connectivity index (χ1n) is 5.44. The van der Waals surface area contributed by atoms with Gasteiger partial charge in [0.1, 0.15) is 10.6 Å². The van der Waals surface area contributed by atoms with Crippen molar-refractivity contribution in [2.75, 3.05) is 20.0 Å². The second kappa shape index (κ2) is 6.39. The summed E-state index contributed by atoms with van der Waals surface area (Å²) in [6.45, 7) is 0. The third-order valence-electron chi connectivity index (χ3n) is 2.43. The summed E-state index contributed by atoms with van der Waals surface area (Å²) in [7, 11) is -0.745. The van der Waals surface area contributed by atoms with Crippen LogP contribution in [0.25, 0.3) is 0 Å². The Balaban J connectivity index is 2.77. The molecule has 1 rings (SSSR count). The van der Waals surface area contributed by atoms with Crippen LogP contribution in [0, 0.1) is 0 Å². The highest BCUT2D eigenvalue weighted by Crippen LogP contribution is 2.24. The van der Waals surface area contributed by atoms with E-state index in [1.165, 1.54) is 20.3 Å². The predicted molar refractivity (Wildman–Crippen MR) is 66.3 cm³/mol. The van der Waals surface area contributed by atoms with Crippen molar-refractivity contribution in [3.63, 3.8) is 0 Å². The largest absolute Gasteiger partial charge is 0.495 e. The highest BCUT2D eigenvalue weighted by molar-refractivity contribution is 7.91. The summed E-state index contributed by atoms with van der Waals surface area (Å²) in [4.78, 5) is 11.1. The minimum atomic E-state index is -3.44. The Hall–Kier alpha value is -1.56. The molecule has 0 amide bonds. The average Bonchev–Trinajstić information content (AvgIpc) is 2.38. The summed E-state index contributed by atoms with van der Waals surface area (Å²) in [5, 5.41) is 0. The second-order valence-electron chi connectivity index (χ2n) is 3.65. The van der Waals surface area contributed by atoms with E-state index in [0.717, 1.165) is 0 Å². The highest BCUT2D eigenvalue weighted by Gasteiger charge is 2.19. The van der Waals surface area contributed by atoms with E-state index < -0.39 is 15.8 Å². The number of esters is 1. The van der Waals surface area contributed by atoms with Crippen LogP contribution in [0.15, 0.2) is 29.2 Å². The fraction of sp³-hybridized carbons (Fsp3) is 0.417. The van der Waals surface area contributed by atoms with Crippen LogP contribution in [-0.4, -0.2) is 34.4 Å². The Kier molecular flexibility index (Phi) is 5.15. The summed E-state index contributed by atoms with van der Waals surface area (Å²) in [5.74, 6) is -0.205. The molecule has 100 valence electrons. The van der Waals surface area contributed by atoms with Crippen molar-refractivity contribution in [3.05, 3.63) is 24.3 Å². The maximum absolute atomic E-state index is 12.0. The normalized spacial score (nSPS) is 11.0. The van der Waals surface area contributed by atoms with Crippen molar-refractivity contribution in [1.29, 1.82) is 0 Å². The Morgan fingerprint density at radius 3 is 2.50 bits per heavy atom. The van der Waals surface area contributed by atoms with Gasteiger partial charge in [0.15, 0.2) is 9.84 Å². The van der Waals surface area contributed by atoms with Crippen LogP contribution < -0.4 is 4.74 Å². The summed E-state index contributed by atoms with van der Waals surface area (Å²) in [5.41, 5.74) is 0. The molecule has 0 heterocycles. The van der Waals surface area contributed by atoms with Gasteiger partial charge in [-0.05, 0) is 18.6 Å². The number of methoxy groups -OCH3 is 2. The van der Waals surface area contributed by atoms with Gasteiger partial charge in [0.05, 0.1) is 20.0 Å². The number of hydrogen-bond acceptors (Lipinski definition) is 5. The van der Waals surface area contributed by atoms with Crippen LogP contribution in [0.2, 0.25) is 0 Å². The molecule has 0 aliphatic carbocycles. The third-order valence-corrected chi connectivity index (χ3v) is 4.26. The molecular formula is C12H16O5S. The molecule has 1 aromatic carbocycles. The van der Waals surface area contributed by atoms with Crippen LogP contribution in [0.5, 0.6) is 5.75 Å². The van der Waals surface area contributed by atoms with Gasteiger partial charge in [-0.1, -0.05) is 12.1 Å². The Morgan fingerprint density at radius 2 is 1.89 bits per heavy atom. The van der Waals surface area contributed by atoms with Crippen molar-refractivity contribution < 1.29 is 22.7 Å². The van der Waals surface area contributed by atoms with Gasteiger partial charge in [-0.2, -0.15) is 0 Å². The molecule has 0 N–H and O–H groups in total. The number of rotatable bonds is 6. The SMILES string of the molecule is COC(=O)CCCS(=O)(=O)c1ccccc1OC. The molecule has 5 nitrogen and oxygen atoms in total. The Morgan fingerprint density at radius 1 is 1.22 bits per heavy atom. The minimum absolute atomic E-state index is 0.0882. The zero-order chi connectivity index (χ0) is 13.6. The molecule has 0 atom stereocenters. The van der Waals surface area contributed by atoms with Gasteiger partial charge in [-0.15, -0.1) is 0 Å². The molecule has 0 aliphatic rings. The Labute approximate surface area is 107 Å². The molecule has 0 bridgehead atoms. The van der Waals surface area contributed by atoms with Crippen LogP contribution in [0.4, 0.5) is 0 Å². The lowest BCUT2D eigenvalue weighted by molar-refractivity contribution is -0.140. The highest BCUT2D eigenvalue weighted by atomic mass is 32.2. The van der Waals surface area contributed by atoms with Gasteiger partial charge >= 0.3 is 5.97 Å². The monoisotopic (exact) mass is 272 g/mol. The van der Waals surface area contributed by atoms with Crippen LogP contribution in [-0.2, 0) is 19.4 Å². The van der Waals surface area contributed by atoms with E-state index in [2.05, 4.69) is 4.74 Å². The van der Waals surface area contributed by atoms with Crippen molar-refractivity contribution in [2.45, 2.75) is 17.7 Å². The lowest BCUT2D eigenvalue weighted by Crippen LogP contribution is -2.10. The quantitative estimate of drug-likeness (QED) is 0.732. The predicted octanol–water partition coefficient (Wildman–Crippen LogP) is 1.42. The molecule has 0 aliphatic heterocycles. The van der Waals surface area contributed by atoms with E-state index in [-0.39, 0.29) is 23.5 Å². The molecule has 6 heteroatoms. The van der Waals surface area contributed by atoms with Crippen molar-refractivity contribution in [3.8, 4) is 5.75 Å². The zero-order valence-corrected chi connectivity index (χ0v) is 11.2. The number of sulfone groups is 1. The maximum atomic E-state index is 12.0. The molecule has 1 aromatic rings. The van der Waals surface area contributed by atoms with Crippen molar-refractivity contribution in [1.82, 2.24) is 0 Å². The van der Waals surface area contributed by atoms with Crippen LogP contribution >= 0.6 is 0 Å². The Bertz CT molecular complexity index is 507. The van der Waals surface area contributed by atoms with Crippen molar-refractivity contribution >= 4 is 15.8 Å². The molecule has 18 heavy (non-hydrogen) atoms. The number of ether oxygens (including phenoxy) is 2. The molecule has 0 unspecified atom stereocenters. The summed E-state index contributed by atoms with van der Waals surface area (Å²) in [6, 6.07) is 6.42. The topological polar surface area (TPSA) is 69.7 Å². The van der Waals surface area contributed by atoms with E-state index in [1.807, 2.05) is 0 Å². The molecule has 0 saturated heterocycles. The number of para-hydroxylation sites is 1. The first kappa shape index (κ1) is 14.5. The number of hydrogen-bond donors (Lipinski definition) is 0. The second-order valence-corrected chi connectivity index (χ2v) is 5.73. The molecular weight excluding hydrogens is 256 g/mol. The van der Waals surface area contributed by atoms with E-state index in [0.29, 0.717) is 5.75 Å². The van der Waals surface area contributed by atoms with Gasteiger partial charge in [0.25, 0.3) is 0 Å². The van der Waals surface area contributed by atoms with Gasteiger partial charge in [0.2, 0.25) is 0 Å². The van der Waals surface area contributed by atoms with Gasteiger partial charge < -0.3 is 9.47 Å². The van der Waals surface area contributed by atoms with Gasteiger partial charge in [-0.25, -0.2) is 8.42 Å². The number of carbonyl (C=O) groups is 1. The molecule has 0 radical (unpaired) electrons. The summed E-state index contributed by atoms with van der Waals surface area (Å²) < 4.78 is 33.6. The fourth-order valence-corrected chi connectivity index (χ4v) is 2.98. The van der Waals surface area contributed by atoms with E-state index in [9.17, 15) is 13.2 Å². The minimum Gasteiger partial charge on any atom is -0.495 e. The molecule has 0 spiro atoms. The average molecular weight is 272 g/mol. The molecule has 0 fully saturated rings. The van der Waals surface area contributed by atoms with Gasteiger partial charge in [-0.3, -0.25) is 4.79 Å². The number of carbonyl (C=O) groups excluding carboxylic acids is 1. The zero-order valence-electron chi connectivity index (χ0n) is 10.4. The number of benzene rings is 1. The van der Waals surface area contributed by atoms with Gasteiger partial charge in [0, 0.05) is 6.42 Å². The first-order chi connectivity index (χ1) is 8.51. The third kappa shape index (κ3) is 3.73. The summed E-state index contributed by atoms with van der Waals surface area (Å²) >= 11 is 0. The fourth-order valence-electron chi connectivity index (χ4n) is 1.49. The van der Waals surface area contributed by atoms with E-state index in [1.54, 1.807) is 18.2 Å². The molecule has 0 saturated carbocycles.